The Morgan fingerprint density at radius 2 is 2.08 bits per heavy atom. The van der Waals surface area contributed by atoms with Crippen LogP contribution in [0.15, 0.2) is 0 Å². The highest BCUT2D eigenvalue weighted by Crippen LogP contribution is 2.19. The van der Waals surface area contributed by atoms with E-state index in [1.807, 2.05) is 6.92 Å². The van der Waals surface area contributed by atoms with Crippen LogP contribution in [0, 0.1) is 0 Å². The first kappa shape index (κ1) is 11.0. The Bertz CT molecular complexity index is 142. The van der Waals surface area contributed by atoms with Gasteiger partial charge in [0.2, 0.25) is 0 Å². The van der Waals surface area contributed by atoms with E-state index < -0.39 is 0 Å². The SMILES string of the molecule is CC(N)CCNC1(C)CCOCC1. The standard InChI is InChI=1S/C10H22N2O/c1-9(11)3-6-12-10(2)4-7-13-8-5-10/h9,12H,3-8,11H2,1-2H3. The summed E-state index contributed by atoms with van der Waals surface area (Å²) in [6.07, 6.45) is 3.29. The molecule has 0 saturated carbocycles. The van der Waals surface area contributed by atoms with Crippen molar-refractivity contribution in [3.05, 3.63) is 0 Å². The van der Waals surface area contributed by atoms with Crippen LogP contribution in [0.1, 0.15) is 33.1 Å². The predicted molar refractivity (Wildman–Crippen MR) is 54.7 cm³/mol. The second kappa shape index (κ2) is 4.94. The van der Waals surface area contributed by atoms with Crippen LogP contribution in [-0.4, -0.2) is 31.3 Å². The molecule has 0 bridgehead atoms. The largest absolute Gasteiger partial charge is 0.381 e. The molecule has 0 aromatic carbocycles. The molecule has 0 aliphatic carbocycles. The van der Waals surface area contributed by atoms with E-state index in [0.29, 0.717) is 6.04 Å². The molecule has 1 unspecified atom stereocenters. The molecule has 1 aliphatic heterocycles. The van der Waals surface area contributed by atoms with Crippen LogP contribution in [0.2, 0.25) is 0 Å². The second-order valence-corrected chi connectivity index (χ2v) is 4.37. The van der Waals surface area contributed by atoms with Crippen molar-refractivity contribution in [2.45, 2.75) is 44.7 Å². The number of hydrogen-bond donors (Lipinski definition) is 2. The van der Waals surface area contributed by atoms with Gasteiger partial charge >= 0.3 is 0 Å². The summed E-state index contributed by atoms with van der Waals surface area (Å²) in [6.45, 7) is 7.13. The first-order chi connectivity index (χ1) is 6.12. The van der Waals surface area contributed by atoms with Gasteiger partial charge in [0.15, 0.2) is 0 Å². The maximum atomic E-state index is 5.69. The monoisotopic (exact) mass is 186 g/mol. The lowest BCUT2D eigenvalue weighted by atomic mass is 9.92. The van der Waals surface area contributed by atoms with E-state index in [1.54, 1.807) is 0 Å². The molecule has 0 amide bonds. The average Bonchev–Trinajstić information content (AvgIpc) is 2.04. The first-order valence-corrected chi connectivity index (χ1v) is 5.21. The van der Waals surface area contributed by atoms with E-state index in [9.17, 15) is 0 Å². The van der Waals surface area contributed by atoms with E-state index in [-0.39, 0.29) is 5.54 Å². The highest BCUT2D eigenvalue weighted by atomic mass is 16.5. The second-order valence-electron chi connectivity index (χ2n) is 4.37. The van der Waals surface area contributed by atoms with Crippen molar-refractivity contribution >= 4 is 0 Å². The molecule has 78 valence electrons. The highest BCUT2D eigenvalue weighted by molar-refractivity contribution is 4.85. The third-order valence-electron chi connectivity index (χ3n) is 2.75. The van der Waals surface area contributed by atoms with Crippen molar-refractivity contribution in [3.8, 4) is 0 Å². The van der Waals surface area contributed by atoms with Gasteiger partial charge in [-0.3, -0.25) is 0 Å². The van der Waals surface area contributed by atoms with Gasteiger partial charge in [0.25, 0.3) is 0 Å². The molecule has 3 nitrogen and oxygen atoms in total. The molecule has 0 aromatic rings. The fraction of sp³-hybridized carbons (Fsp3) is 1.00. The smallest absolute Gasteiger partial charge is 0.0483 e. The Morgan fingerprint density at radius 3 is 2.62 bits per heavy atom. The zero-order chi connectivity index (χ0) is 9.73. The topological polar surface area (TPSA) is 47.3 Å². The third-order valence-corrected chi connectivity index (χ3v) is 2.75. The summed E-state index contributed by atoms with van der Waals surface area (Å²) in [6, 6.07) is 0.302. The molecule has 1 fully saturated rings. The summed E-state index contributed by atoms with van der Waals surface area (Å²) < 4.78 is 5.33. The lowest BCUT2D eigenvalue weighted by molar-refractivity contribution is 0.0452. The molecule has 1 heterocycles. The Balaban J connectivity index is 2.17. The van der Waals surface area contributed by atoms with Gasteiger partial charge < -0.3 is 15.8 Å². The van der Waals surface area contributed by atoms with Gasteiger partial charge in [0, 0.05) is 24.8 Å². The Hall–Kier alpha value is -0.120. The Morgan fingerprint density at radius 1 is 1.46 bits per heavy atom. The van der Waals surface area contributed by atoms with Gasteiger partial charge in [-0.25, -0.2) is 0 Å². The maximum Gasteiger partial charge on any atom is 0.0483 e. The molecule has 0 spiro atoms. The van der Waals surface area contributed by atoms with E-state index in [4.69, 9.17) is 10.5 Å². The zero-order valence-corrected chi connectivity index (χ0v) is 8.81. The van der Waals surface area contributed by atoms with Crippen LogP contribution in [0.3, 0.4) is 0 Å². The molecule has 3 N–H and O–H groups in total. The fourth-order valence-electron chi connectivity index (χ4n) is 1.60. The van der Waals surface area contributed by atoms with Gasteiger partial charge in [0.05, 0.1) is 0 Å². The van der Waals surface area contributed by atoms with Crippen molar-refractivity contribution in [1.29, 1.82) is 0 Å². The van der Waals surface area contributed by atoms with Crippen molar-refractivity contribution in [2.24, 2.45) is 5.73 Å². The van der Waals surface area contributed by atoms with Crippen LogP contribution in [0.5, 0.6) is 0 Å². The summed E-state index contributed by atoms with van der Waals surface area (Å²) in [5.74, 6) is 0. The minimum atomic E-state index is 0.285. The quantitative estimate of drug-likeness (QED) is 0.685. The van der Waals surface area contributed by atoms with Crippen LogP contribution in [0.25, 0.3) is 0 Å². The molecule has 1 atom stereocenters. The van der Waals surface area contributed by atoms with Crippen LogP contribution in [-0.2, 0) is 4.74 Å². The maximum absolute atomic E-state index is 5.69. The van der Waals surface area contributed by atoms with E-state index in [1.165, 1.54) is 0 Å². The molecular weight excluding hydrogens is 164 g/mol. The zero-order valence-electron chi connectivity index (χ0n) is 8.81. The van der Waals surface area contributed by atoms with E-state index >= 15 is 0 Å². The van der Waals surface area contributed by atoms with Gasteiger partial charge in [-0.15, -0.1) is 0 Å². The van der Waals surface area contributed by atoms with E-state index in [2.05, 4.69) is 12.2 Å². The summed E-state index contributed by atoms with van der Waals surface area (Å²) >= 11 is 0. The molecule has 0 radical (unpaired) electrons. The average molecular weight is 186 g/mol. The van der Waals surface area contributed by atoms with Crippen molar-refractivity contribution < 1.29 is 4.74 Å². The number of hydrogen-bond acceptors (Lipinski definition) is 3. The number of nitrogens with one attached hydrogen (secondary N) is 1. The normalized spacial score (nSPS) is 24.2. The van der Waals surface area contributed by atoms with Crippen molar-refractivity contribution in [1.82, 2.24) is 5.32 Å². The molecule has 13 heavy (non-hydrogen) atoms. The van der Waals surface area contributed by atoms with Crippen molar-refractivity contribution in [2.75, 3.05) is 19.8 Å². The lowest BCUT2D eigenvalue weighted by Gasteiger charge is -2.34. The van der Waals surface area contributed by atoms with Gasteiger partial charge in [-0.05, 0) is 39.7 Å². The summed E-state index contributed by atoms with van der Waals surface area (Å²) in [4.78, 5) is 0. The third kappa shape index (κ3) is 4.07. The molecule has 1 rings (SSSR count). The molecule has 1 aliphatic rings. The van der Waals surface area contributed by atoms with Gasteiger partial charge in [-0.2, -0.15) is 0 Å². The minimum Gasteiger partial charge on any atom is -0.381 e. The predicted octanol–water partition coefficient (Wildman–Crippen LogP) is 0.882. The van der Waals surface area contributed by atoms with Gasteiger partial charge in [-0.1, -0.05) is 0 Å². The molecule has 3 heteroatoms. The summed E-state index contributed by atoms with van der Waals surface area (Å²) in [5, 5.41) is 3.57. The Labute approximate surface area is 81.0 Å². The molecule has 1 saturated heterocycles. The fourth-order valence-corrected chi connectivity index (χ4v) is 1.60. The number of rotatable bonds is 4. The van der Waals surface area contributed by atoms with Crippen molar-refractivity contribution in [3.63, 3.8) is 0 Å². The highest BCUT2D eigenvalue weighted by Gasteiger charge is 2.25. The van der Waals surface area contributed by atoms with Crippen LogP contribution < -0.4 is 11.1 Å². The number of nitrogens with two attached hydrogens (primary N) is 1. The van der Waals surface area contributed by atoms with E-state index in [0.717, 1.165) is 39.0 Å². The summed E-state index contributed by atoms with van der Waals surface area (Å²) in [5.41, 5.74) is 5.97. The summed E-state index contributed by atoms with van der Waals surface area (Å²) in [7, 11) is 0. The van der Waals surface area contributed by atoms with Crippen LogP contribution in [0.4, 0.5) is 0 Å². The first-order valence-electron chi connectivity index (χ1n) is 5.21. The van der Waals surface area contributed by atoms with Crippen LogP contribution >= 0.6 is 0 Å². The van der Waals surface area contributed by atoms with Gasteiger partial charge in [0.1, 0.15) is 0 Å². The lowest BCUT2D eigenvalue weighted by Crippen LogP contribution is -2.47. The molecular formula is C10H22N2O. The minimum absolute atomic E-state index is 0.285. The number of ether oxygens (including phenoxy) is 1. The Kier molecular flexibility index (Phi) is 4.16. The molecule has 0 aromatic heterocycles.